The first-order chi connectivity index (χ1) is 12.1. The Labute approximate surface area is 148 Å². The summed E-state index contributed by atoms with van der Waals surface area (Å²) in [5.41, 5.74) is 1.92. The molecule has 0 N–H and O–H groups in total. The molecule has 0 aliphatic heterocycles. The molecule has 128 valence electrons. The van der Waals surface area contributed by atoms with Gasteiger partial charge in [0.2, 0.25) is 4.80 Å². The lowest BCUT2D eigenvalue weighted by Crippen LogP contribution is -2.15. The highest BCUT2D eigenvalue weighted by Crippen LogP contribution is 2.23. The largest absolute Gasteiger partial charge is 0.258 e. The highest BCUT2D eigenvalue weighted by Gasteiger charge is 2.13. The molecule has 1 aromatic heterocycles. The van der Waals surface area contributed by atoms with E-state index in [2.05, 4.69) is 10.1 Å². The summed E-state index contributed by atoms with van der Waals surface area (Å²) < 4.78 is 29.8. The van der Waals surface area contributed by atoms with E-state index in [0.717, 1.165) is 0 Å². The molecule has 3 rings (SSSR count). The minimum atomic E-state index is -0.346. The van der Waals surface area contributed by atoms with Gasteiger partial charge in [-0.2, -0.15) is 5.10 Å². The van der Waals surface area contributed by atoms with Crippen LogP contribution in [0.25, 0.3) is 11.3 Å². The van der Waals surface area contributed by atoms with E-state index in [1.54, 1.807) is 48.0 Å². The van der Waals surface area contributed by atoms with Gasteiger partial charge in [0, 0.05) is 23.1 Å². The van der Waals surface area contributed by atoms with E-state index in [0.29, 0.717) is 33.9 Å². The topological polar surface area (TPSA) is 29.6 Å². The second kappa shape index (κ2) is 7.53. The average Bonchev–Trinajstić information content (AvgIpc) is 2.98. The Kier molecular flexibility index (Phi) is 5.19. The summed E-state index contributed by atoms with van der Waals surface area (Å²) in [6.45, 7) is 4.22. The molecule has 0 atom stereocenters. The van der Waals surface area contributed by atoms with Gasteiger partial charge in [-0.25, -0.2) is 13.5 Å². The second-order valence-corrected chi connectivity index (χ2v) is 6.17. The van der Waals surface area contributed by atoms with Crippen LogP contribution in [0.15, 0.2) is 64.0 Å². The zero-order valence-corrected chi connectivity index (χ0v) is 14.7. The molecule has 0 bridgehead atoms. The summed E-state index contributed by atoms with van der Waals surface area (Å²) in [5.74, 6) is -0.683. The molecule has 0 spiro atoms. The standard InChI is InChI=1S/C19H17F2N3S/c1-3-22-19-24(23-13(2)14-8-4-6-10-16(14)20)18(12-25-19)15-9-5-7-11-17(15)21/h4-12H,3H2,1-2H3. The molecule has 0 amide bonds. The molecule has 3 aromatic rings. The predicted octanol–water partition coefficient (Wildman–Crippen LogP) is 4.69. The Balaban J connectivity index is 2.20. The zero-order chi connectivity index (χ0) is 17.8. The highest BCUT2D eigenvalue weighted by molar-refractivity contribution is 7.07. The molecule has 2 aromatic carbocycles. The van der Waals surface area contributed by atoms with Crippen LogP contribution in [-0.2, 0) is 0 Å². The second-order valence-electron chi connectivity index (χ2n) is 5.33. The summed E-state index contributed by atoms with van der Waals surface area (Å²) in [6, 6.07) is 12.9. The Morgan fingerprint density at radius 3 is 2.40 bits per heavy atom. The number of halogens is 2. The minimum absolute atomic E-state index is 0.337. The van der Waals surface area contributed by atoms with Gasteiger partial charge < -0.3 is 0 Å². The first-order valence-electron chi connectivity index (χ1n) is 7.88. The van der Waals surface area contributed by atoms with Crippen LogP contribution in [0.5, 0.6) is 0 Å². The van der Waals surface area contributed by atoms with Gasteiger partial charge in [0.1, 0.15) is 11.6 Å². The van der Waals surface area contributed by atoms with Gasteiger partial charge in [-0.1, -0.05) is 30.3 Å². The van der Waals surface area contributed by atoms with Crippen LogP contribution in [0.4, 0.5) is 8.78 Å². The molecule has 0 saturated carbocycles. The smallest absolute Gasteiger partial charge is 0.206 e. The fourth-order valence-electron chi connectivity index (χ4n) is 2.45. The van der Waals surface area contributed by atoms with E-state index in [1.165, 1.54) is 23.5 Å². The van der Waals surface area contributed by atoms with Crippen molar-refractivity contribution in [2.24, 2.45) is 10.1 Å². The number of thiazole rings is 1. The van der Waals surface area contributed by atoms with Crippen LogP contribution in [0.1, 0.15) is 19.4 Å². The van der Waals surface area contributed by atoms with Gasteiger partial charge in [-0.15, -0.1) is 11.3 Å². The van der Waals surface area contributed by atoms with Crippen molar-refractivity contribution in [1.82, 2.24) is 4.68 Å². The molecule has 0 aliphatic rings. The Morgan fingerprint density at radius 1 is 1.04 bits per heavy atom. The zero-order valence-electron chi connectivity index (χ0n) is 13.9. The van der Waals surface area contributed by atoms with Crippen molar-refractivity contribution in [2.45, 2.75) is 13.8 Å². The quantitative estimate of drug-likeness (QED) is 0.607. The first-order valence-corrected chi connectivity index (χ1v) is 8.76. The lowest BCUT2D eigenvalue weighted by molar-refractivity contribution is 0.624. The maximum atomic E-state index is 14.2. The molecular formula is C19H17F2N3S. The van der Waals surface area contributed by atoms with E-state index in [1.807, 2.05) is 12.3 Å². The molecular weight excluding hydrogens is 340 g/mol. The van der Waals surface area contributed by atoms with Crippen molar-refractivity contribution < 1.29 is 8.78 Å². The monoisotopic (exact) mass is 357 g/mol. The molecule has 0 unspecified atom stereocenters. The molecule has 25 heavy (non-hydrogen) atoms. The number of hydrogen-bond acceptors (Lipinski definition) is 3. The van der Waals surface area contributed by atoms with Crippen LogP contribution in [0, 0.1) is 11.6 Å². The highest BCUT2D eigenvalue weighted by atomic mass is 32.1. The van der Waals surface area contributed by atoms with Gasteiger partial charge in [0.25, 0.3) is 0 Å². The van der Waals surface area contributed by atoms with Crippen molar-refractivity contribution in [1.29, 1.82) is 0 Å². The molecule has 6 heteroatoms. The summed E-state index contributed by atoms with van der Waals surface area (Å²) in [4.78, 5) is 5.05. The maximum absolute atomic E-state index is 14.2. The Bertz CT molecular complexity index is 986. The summed E-state index contributed by atoms with van der Waals surface area (Å²) in [5, 5.41) is 6.34. The summed E-state index contributed by atoms with van der Waals surface area (Å²) >= 11 is 1.37. The van der Waals surface area contributed by atoms with Crippen LogP contribution in [-0.4, -0.2) is 16.9 Å². The number of rotatable bonds is 4. The number of benzene rings is 2. The number of aromatic nitrogens is 1. The van der Waals surface area contributed by atoms with Crippen molar-refractivity contribution >= 4 is 17.0 Å². The third-order valence-corrected chi connectivity index (χ3v) is 4.50. The van der Waals surface area contributed by atoms with Crippen LogP contribution in [0.3, 0.4) is 0 Å². The molecule has 0 saturated heterocycles. The Morgan fingerprint density at radius 2 is 1.72 bits per heavy atom. The first kappa shape index (κ1) is 17.2. The molecule has 0 fully saturated rings. The van der Waals surface area contributed by atoms with Crippen molar-refractivity contribution in [3.05, 3.63) is 75.9 Å². The molecule has 1 heterocycles. The van der Waals surface area contributed by atoms with Crippen molar-refractivity contribution in [3.63, 3.8) is 0 Å². The molecule has 3 nitrogen and oxygen atoms in total. The average molecular weight is 357 g/mol. The van der Waals surface area contributed by atoms with Crippen LogP contribution < -0.4 is 4.80 Å². The van der Waals surface area contributed by atoms with E-state index in [9.17, 15) is 8.78 Å². The van der Waals surface area contributed by atoms with Gasteiger partial charge in [0.15, 0.2) is 0 Å². The number of hydrogen-bond donors (Lipinski definition) is 0. The lowest BCUT2D eigenvalue weighted by Gasteiger charge is -2.07. The van der Waals surface area contributed by atoms with Gasteiger partial charge in [-0.3, -0.25) is 4.99 Å². The fourth-order valence-corrected chi connectivity index (χ4v) is 3.34. The van der Waals surface area contributed by atoms with Gasteiger partial charge in [0.05, 0.1) is 11.4 Å². The third kappa shape index (κ3) is 3.58. The lowest BCUT2D eigenvalue weighted by atomic mass is 10.1. The molecule has 0 aliphatic carbocycles. The maximum Gasteiger partial charge on any atom is 0.206 e. The van der Waals surface area contributed by atoms with E-state index in [4.69, 9.17) is 0 Å². The van der Waals surface area contributed by atoms with Crippen LogP contribution >= 0.6 is 11.3 Å². The van der Waals surface area contributed by atoms with Crippen molar-refractivity contribution in [2.75, 3.05) is 6.54 Å². The van der Waals surface area contributed by atoms with Crippen LogP contribution in [0.2, 0.25) is 0 Å². The minimum Gasteiger partial charge on any atom is -0.258 e. The van der Waals surface area contributed by atoms with E-state index in [-0.39, 0.29) is 11.6 Å². The third-order valence-electron chi connectivity index (χ3n) is 3.64. The summed E-state index contributed by atoms with van der Waals surface area (Å²) in [7, 11) is 0. The predicted molar refractivity (Wildman–Crippen MR) is 97.8 cm³/mol. The Hall–Kier alpha value is -2.60. The molecule has 0 radical (unpaired) electrons. The summed E-state index contributed by atoms with van der Waals surface area (Å²) in [6.07, 6.45) is 0. The van der Waals surface area contributed by atoms with Gasteiger partial charge in [-0.05, 0) is 32.0 Å². The van der Waals surface area contributed by atoms with Crippen molar-refractivity contribution in [3.8, 4) is 11.3 Å². The van der Waals surface area contributed by atoms with E-state index >= 15 is 0 Å². The van der Waals surface area contributed by atoms with E-state index < -0.39 is 0 Å². The van der Waals surface area contributed by atoms with Gasteiger partial charge >= 0.3 is 0 Å². The number of nitrogens with zero attached hydrogens (tertiary/aromatic N) is 3. The fraction of sp³-hybridized carbons (Fsp3) is 0.158. The normalized spacial score (nSPS) is 12.6. The SMILES string of the molecule is CCN=c1scc(-c2ccccc2F)n1N=C(C)c1ccccc1F.